The standard InChI is InChI=1S/C13H20O4/c1-6-7-8-16-13(15)10(4)11(5)17-12(14)9(2)3/h2,6-8H2,1,3-5H3. The lowest BCUT2D eigenvalue weighted by molar-refractivity contribution is -0.139. The quantitative estimate of drug-likeness (QED) is 0.310. The van der Waals surface area contributed by atoms with Gasteiger partial charge < -0.3 is 9.47 Å². The summed E-state index contributed by atoms with van der Waals surface area (Å²) in [5.41, 5.74) is 0.590. The van der Waals surface area contributed by atoms with Crippen molar-refractivity contribution in [2.75, 3.05) is 6.61 Å². The SMILES string of the molecule is C=C(C)C(=O)OC(C)=C(C)C(=O)OCCCC. The van der Waals surface area contributed by atoms with Crippen LogP contribution >= 0.6 is 0 Å². The summed E-state index contributed by atoms with van der Waals surface area (Å²) < 4.78 is 9.94. The minimum atomic E-state index is -0.539. The van der Waals surface area contributed by atoms with E-state index in [-0.39, 0.29) is 11.3 Å². The number of ether oxygens (including phenoxy) is 2. The normalized spacial score (nSPS) is 11.5. The molecular formula is C13H20O4. The summed E-state index contributed by atoms with van der Waals surface area (Å²) in [6.07, 6.45) is 1.78. The van der Waals surface area contributed by atoms with Gasteiger partial charge in [-0.3, -0.25) is 0 Å². The molecule has 0 aliphatic rings. The Kier molecular flexibility index (Phi) is 6.94. The number of carbonyl (C=O) groups excluding carboxylic acids is 2. The summed E-state index contributed by atoms with van der Waals surface area (Å²) >= 11 is 0. The highest BCUT2D eigenvalue weighted by atomic mass is 16.5. The molecule has 0 N–H and O–H groups in total. The molecular weight excluding hydrogens is 220 g/mol. The van der Waals surface area contributed by atoms with Crippen molar-refractivity contribution in [2.45, 2.75) is 40.5 Å². The number of hydrogen-bond acceptors (Lipinski definition) is 4. The van der Waals surface area contributed by atoms with Crippen molar-refractivity contribution in [2.24, 2.45) is 0 Å². The first-order valence-corrected chi connectivity index (χ1v) is 5.62. The van der Waals surface area contributed by atoms with Crippen molar-refractivity contribution in [3.05, 3.63) is 23.5 Å². The fraction of sp³-hybridized carbons (Fsp3) is 0.538. The average Bonchev–Trinajstić information content (AvgIpc) is 2.27. The molecule has 0 radical (unpaired) electrons. The summed E-state index contributed by atoms with van der Waals surface area (Å²) in [6.45, 7) is 10.5. The van der Waals surface area contributed by atoms with Gasteiger partial charge in [0.05, 0.1) is 12.2 Å². The van der Waals surface area contributed by atoms with E-state index in [4.69, 9.17) is 9.47 Å². The number of hydrogen-bond donors (Lipinski definition) is 0. The predicted molar refractivity (Wildman–Crippen MR) is 65.1 cm³/mol. The lowest BCUT2D eigenvalue weighted by Gasteiger charge is -2.08. The Balaban J connectivity index is 4.42. The third kappa shape index (κ3) is 5.90. The van der Waals surface area contributed by atoms with Gasteiger partial charge in [-0.15, -0.1) is 0 Å². The third-order valence-corrected chi connectivity index (χ3v) is 2.16. The molecule has 0 fully saturated rings. The molecule has 0 saturated carbocycles. The summed E-state index contributed by atoms with van der Waals surface area (Å²) in [7, 11) is 0. The average molecular weight is 240 g/mol. The Morgan fingerprint density at radius 3 is 2.18 bits per heavy atom. The van der Waals surface area contributed by atoms with Crippen LogP contribution in [-0.4, -0.2) is 18.5 Å². The van der Waals surface area contributed by atoms with Crippen LogP contribution in [0.5, 0.6) is 0 Å². The summed E-state index contributed by atoms with van der Waals surface area (Å²) in [5.74, 6) is -0.742. The molecule has 0 heterocycles. The van der Waals surface area contributed by atoms with Gasteiger partial charge in [-0.1, -0.05) is 19.9 Å². The van der Waals surface area contributed by atoms with Gasteiger partial charge in [-0.25, -0.2) is 9.59 Å². The molecule has 0 rings (SSSR count). The molecule has 17 heavy (non-hydrogen) atoms. The number of carbonyl (C=O) groups is 2. The van der Waals surface area contributed by atoms with Crippen LogP contribution in [0.3, 0.4) is 0 Å². The molecule has 0 aromatic rings. The molecule has 4 nitrogen and oxygen atoms in total. The van der Waals surface area contributed by atoms with Crippen molar-refractivity contribution in [1.82, 2.24) is 0 Å². The van der Waals surface area contributed by atoms with E-state index in [1.54, 1.807) is 20.8 Å². The van der Waals surface area contributed by atoms with Crippen molar-refractivity contribution in [3.8, 4) is 0 Å². The van der Waals surface area contributed by atoms with Crippen LogP contribution in [0.2, 0.25) is 0 Å². The van der Waals surface area contributed by atoms with E-state index in [1.165, 1.54) is 0 Å². The molecule has 0 atom stereocenters. The van der Waals surface area contributed by atoms with Crippen LogP contribution in [0.15, 0.2) is 23.5 Å². The highest BCUT2D eigenvalue weighted by Gasteiger charge is 2.13. The molecule has 0 unspecified atom stereocenters. The monoisotopic (exact) mass is 240 g/mol. The molecule has 0 aromatic carbocycles. The number of rotatable bonds is 6. The van der Waals surface area contributed by atoms with Crippen LogP contribution in [0, 0.1) is 0 Å². The van der Waals surface area contributed by atoms with E-state index in [0.29, 0.717) is 12.2 Å². The molecule has 0 amide bonds. The van der Waals surface area contributed by atoms with E-state index < -0.39 is 11.9 Å². The summed E-state index contributed by atoms with van der Waals surface area (Å²) in [4.78, 5) is 22.7. The first-order chi connectivity index (χ1) is 7.90. The molecule has 0 aromatic heterocycles. The largest absolute Gasteiger partial charge is 0.462 e. The Morgan fingerprint density at radius 2 is 1.71 bits per heavy atom. The van der Waals surface area contributed by atoms with Crippen LogP contribution in [-0.2, 0) is 19.1 Å². The summed E-state index contributed by atoms with van der Waals surface area (Å²) in [5, 5.41) is 0. The molecule has 4 heteroatoms. The zero-order chi connectivity index (χ0) is 13.4. The smallest absolute Gasteiger partial charge is 0.338 e. The highest BCUT2D eigenvalue weighted by Crippen LogP contribution is 2.09. The maximum absolute atomic E-state index is 11.5. The maximum atomic E-state index is 11.5. The minimum absolute atomic E-state index is 0.250. The van der Waals surface area contributed by atoms with Crippen LogP contribution in [0.25, 0.3) is 0 Å². The van der Waals surface area contributed by atoms with Crippen LogP contribution in [0.1, 0.15) is 40.5 Å². The Hall–Kier alpha value is -1.58. The number of esters is 2. The maximum Gasteiger partial charge on any atom is 0.338 e. The number of unbranched alkanes of at least 4 members (excludes halogenated alkanes) is 1. The van der Waals surface area contributed by atoms with Gasteiger partial charge in [-0.05, 0) is 27.2 Å². The molecule has 0 saturated heterocycles. The second-order valence-electron chi connectivity index (χ2n) is 3.84. The van der Waals surface area contributed by atoms with E-state index in [9.17, 15) is 9.59 Å². The van der Waals surface area contributed by atoms with Crippen LogP contribution in [0.4, 0.5) is 0 Å². The van der Waals surface area contributed by atoms with Crippen molar-refractivity contribution < 1.29 is 19.1 Å². The van der Waals surface area contributed by atoms with Crippen molar-refractivity contribution in [3.63, 3.8) is 0 Å². The molecule has 0 bridgehead atoms. The zero-order valence-electron chi connectivity index (χ0n) is 11.0. The lowest BCUT2D eigenvalue weighted by Crippen LogP contribution is -2.12. The van der Waals surface area contributed by atoms with Gasteiger partial charge >= 0.3 is 11.9 Å². The minimum Gasteiger partial charge on any atom is -0.462 e. The first-order valence-electron chi connectivity index (χ1n) is 5.62. The zero-order valence-corrected chi connectivity index (χ0v) is 11.0. The molecule has 96 valence electrons. The van der Waals surface area contributed by atoms with E-state index in [2.05, 4.69) is 6.58 Å². The lowest BCUT2D eigenvalue weighted by atomic mass is 10.2. The van der Waals surface area contributed by atoms with Gasteiger partial charge in [0.15, 0.2) is 0 Å². The van der Waals surface area contributed by atoms with E-state index in [0.717, 1.165) is 12.8 Å². The van der Waals surface area contributed by atoms with Gasteiger partial charge in [-0.2, -0.15) is 0 Å². The molecule has 0 aliphatic carbocycles. The summed E-state index contributed by atoms with van der Waals surface area (Å²) in [6, 6.07) is 0. The third-order valence-electron chi connectivity index (χ3n) is 2.16. The van der Waals surface area contributed by atoms with Crippen LogP contribution < -0.4 is 0 Å². The van der Waals surface area contributed by atoms with Gasteiger partial charge in [0.25, 0.3) is 0 Å². The van der Waals surface area contributed by atoms with Gasteiger partial charge in [0.2, 0.25) is 0 Å². The Morgan fingerprint density at radius 1 is 1.12 bits per heavy atom. The van der Waals surface area contributed by atoms with Gasteiger partial charge in [0.1, 0.15) is 5.76 Å². The molecule has 0 spiro atoms. The predicted octanol–water partition coefficient (Wildman–Crippen LogP) is 2.74. The Labute approximate surface area is 102 Å². The van der Waals surface area contributed by atoms with Crippen molar-refractivity contribution >= 4 is 11.9 Å². The fourth-order valence-electron chi connectivity index (χ4n) is 0.864. The van der Waals surface area contributed by atoms with Gasteiger partial charge in [0, 0.05) is 5.57 Å². The second kappa shape index (κ2) is 7.65. The van der Waals surface area contributed by atoms with E-state index in [1.807, 2.05) is 6.92 Å². The Bertz CT molecular complexity index is 339. The van der Waals surface area contributed by atoms with E-state index >= 15 is 0 Å². The second-order valence-corrected chi connectivity index (χ2v) is 3.84. The highest BCUT2D eigenvalue weighted by molar-refractivity contribution is 5.91. The topological polar surface area (TPSA) is 52.6 Å². The first kappa shape index (κ1) is 15.4. The fourth-order valence-corrected chi connectivity index (χ4v) is 0.864. The number of allylic oxidation sites excluding steroid dienone is 1. The van der Waals surface area contributed by atoms with Crippen molar-refractivity contribution in [1.29, 1.82) is 0 Å². The molecule has 0 aliphatic heterocycles.